The van der Waals surface area contributed by atoms with Crippen molar-refractivity contribution < 1.29 is 19.8 Å². The third-order valence-electron chi connectivity index (χ3n) is 3.21. The molecule has 0 radical (unpaired) electrons. The van der Waals surface area contributed by atoms with Crippen LogP contribution in [0.25, 0.3) is 6.08 Å². The number of aliphatic hydroxyl groups excluding tert-OH is 1. The molecule has 21 heavy (non-hydrogen) atoms. The fourth-order valence-corrected chi connectivity index (χ4v) is 2.55. The number of β-amino-alcohol motifs (C(OH)–C–C–N with tert-alkyl or cyclic N) is 1. The Bertz CT molecular complexity index is 603. The standard InChI is InChI=1S/C14H13Cl2NO4/c15-9-2-3-11(16)8(5-9)1-4-13(19)17-7-10(18)6-12(17)14(20)21/h1-5,10,12,18H,6-7H2,(H,20,21)/t10-,12+/m1/s1. The van der Waals surface area contributed by atoms with Crippen LogP contribution in [0, 0.1) is 0 Å². The quantitative estimate of drug-likeness (QED) is 0.832. The number of rotatable bonds is 3. The van der Waals surface area contributed by atoms with Gasteiger partial charge in [0.25, 0.3) is 0 Å². The molecule has 1 aliphatic heterocycles. The van der Waals surface area contributed by atoms with E-state index in [1.54, 1.807) is 18.2 Å². The number of nitrogens with zero attached hydrogens (tertiary/aromatic N) is 1. The van der Waals surface area contributed by atoms with Gasteiger partial charge >= 0.3 is 5.97 Å². The number of carboxylic acid groups (broad SMARTS) is 1. The van der Waals surface area contributed by atoms with Crippen LogP contribution < -0.4 is 0 Å². The first kappa shape index (κ1) is 15.8. The summed E-state index contributed by atoms with van der Waals surface area (Å²) >= 11 is 11.8. The molecular formula is C14H13Cl2NO4. The molecule has 0 bridgehead atoms. The highest BCUT2D eigenvalue weighted by Crippen LogP contribution is 2.23. The molecule has 1 aliphatic rings. The summed E-state index contributed by atoms with van der Waals surface area (Å²) in [6.45, 7) is 0.00339. The zero-order valence-electron chi connectivity index (χ0n) is 10.9. The van der Waals surface area contributed by atoms with Crippen molar-refractivity contribution >= 4 is 41.2 Å². The van der Waals surface area contributed by atoms with E-state index in [0.29, 0.717) is 15.6 Å². The predicted octanol–water partition coefficient (Wildman–Crippen LogP) is 2.05. The highest BCUT2D eigenvalue weighted by Gasteiger charge is 2.37. The fourth-order valence-electron chi connectivity index (χ4n) is 2.19. The van der Waals surface area contributed by atoms with Crippen LogP contribution in [0.15, 0.2) is 24.3 Å². The van der Waals surface area contributed by atoms with Crippen molar-refractivity contribution in [3.63, 3.8) is 0 Å². The summed E-state index contributed by atoms with van der Waals surface area (Å²) in [6, 6.07) is 3.82. The molecule has 2 N–H and O–H groups in total. The fraction of sp³-hybridized carbons (Fsp3) is 0.286. The summed E-state index contributed by atoms with van der Waals surface area (Å²) in [6.07, 6.45) is 1.91. The predicted molar refractivity (Wildman–Crippen MR) is 79.3 cm³/mol. The van der Waals surface area contributed by atoms with Gasteiger partial charge in [-0.3, -0.25) is 4.79 Å². The molecule has 2 atom stereocenters. The number of benzene rings is 1. The Hall–Kier alpha value is -1.56. The number of aliphatic carboxylic acids is 1. The van der Waals surface area contributed by atoms with E-state index in [1.807, 2.05) is 0 Å². The maximum atomic E-state index is 12.1. The highest BCUT2D eigenvalue weighted by atomic mass is 35.5. The van der Waals surface area contributed by atoms with E-state index >= 15 is 0 Å². The minimum absolute atomic E-state index is 0.00339. The average Bonchev–Trinajstić information content (AvgIpc) is 2.82. The monoisotopic (exact) mass is 329 g/mol. The number of likely N-dealkylation sites (tertiary alicyclic amines) is 1. The van der Waals surface area contributed by atoms with E-state index in [4.69, 9.17) is 28.3 Å². The number of carboxylic acids is 1. The van der Waals surface area contributed by atoms with E-state index in [0.717, 1.165) is 4.90 Å². The lowest BCUT2D eigenvalue weighted by molar-refractivity contribution is -0.146. The van der Waals surface area contributed by atoms with Crippen molar-refractivity contribution in [3.8, 4) is 0 Å². The second kappa shape index (κ2) is 6.47. The third-order valence-corrected chi connectivity index (χ3v) is 3.79. The van der Waals surface area contributed by atoms with Gasteiger partial charge in [0.1, 0.15) is 6.04 Å². The van der Waals surface area contributed by atoms with Crippen LogP contribution in [0.4, 0.5) is 0 Å². The Labute approximate surface area is 131 Å². The average molecular weight is 330 g/mol. The largest absolute Gasteiger partial charge is 0.480 e. The summed E-state index contributed by atoms with van der Waals surface area (Å²) in [5, 5.41) is 19.5. The number of carbonyl (C=O) groups excluding carboxylic acids is 1. The van der Waals surface area contributed by atoms with Gasteiger partial charge in [-0.25, -0.2) is 4.79 Å². The minimum atomic E-state index is -1.13. The van der Waals surface area contributed by atoms with Crippen molar-refractivity contribution in [3.05, 3.63) is 39.9 Å². The summed E-state index contributed by atoms with van der Waals surface area (Å²) in [4.78, 5) is 24.3. The lowest BCUT2D eigenvalue weighted by Crippen LogP contribution is -2.39. The maximum Gasteiger partial charge on any atom is 0.326 e. The molecule has 112 valence electrons. The Kier molecular flexibility index (Phi) is 4.88. The van der Waals surface area contributed by atoms with Crippen molar-refractivity contribution in [2.45, 2.75) is 18.6 Å². The van der Waals surface area contributed by atoms with Gasteiger partial charge in [-0.15, -0.1) is 0 Å². The van der Waals surface area contributed by atoms with Gasteiger partial charge in [0.05, 0.1) is 6.10 Å². The molecule has 0 spiro atoms. The van der Waals surface area contributed by atoms with E-state index < -0.39 is 24.0 Å². The van der Waals surface area contributed by atoms with E-state index in [1.165, 1.54) is 12.2 Å². The molecule has 1 amide bonds. The molecule has 1 saturated heterocycles. The van der Waals surface area contributed by atoms with Crippen molar-refractivity contribution in [2.75, 3.05) is 6.54 Å². The van der Waals surface area contributed by atoms with Gasteiger partial charge in [0, 0.05) is 29.1 Å². The van der Waals surface area contributed by atoms with Gasteiger partial charge in [-0.1, -0.05) is 23.2 Å². The Morgan fingerprint density at radius 1 is 1.33 bits per heavy atom. The van der Waals surface area contributed by atoms with Crippen LogP contribution in [-0.4, -0.2) is 45.7 Å². The first-order valence-corrected chi connectivity index (χ1v) is 6.98. The van der Waals surface area contributed by atoms with Crippen LogP contribution in [0.5, 0.6) is 0 Å². The molecular weight excluding hydrogens is 317 g/mol. The number of hydrogen-bond donors (Lipinski definition) is 2. The van der Waals surface area contributed by atoms with Crippen molar-refractivity contribution in [2.24, 2.45) is 0 Å². The summed E-state index contributed by atoms with van der Waals surface area (Å²) in [7, 11) is 0. The van der Waals surface area contributed by atoms with E-state index in [-0.39, 0.29) is 13.0 Å². The van der Waals surface area contributed by atoms with Crippen LogP contribution >= 0.6 is 23.2 Å². The van der Waals surface area contributed by atoms with Gasteiger partial charge in [-0.05, 0) is 29.8 Å². The third kappa shape index (κ3) is 3.75. The molecule has 7 heteroatoms. The molecule has 1 aromatic carbocycles. The molecule has 2 rings (SSSR count). The van der Waals surface area contributed by atoms with Crippen LogP contribution in [0.1, 0.15) is 12.0 Å². The summed E-state index contributed by atoms with van der Waals surface area (Å²) in [5.74, 6) is -1.62. The molecule has 0 unspecified atom stereocenters. The molecule has 1 heterocycles. The maximum absolute atomic E-state index is 12.1. The van der Waals surface area contributed by atoms with Gasteiger partial charge in [0.15, 0.2) is 0 Å². The molecule has 0 saturated carbocycles. The van der Waals surface area contributed by atoms with Gasteiger partial charge in [0.2, 0.25) is 5.91 Å². The lowest BCUT2D eigenvalue weighted by Gasteiger charge is -2.19. The Morgan fingerprint density at radius 3 is 2.71 bits per heavy atom. The number of carbonyl (C=O) groups is 2. The van der Waals surface area contributed by atoms with E-state index in [9.17, 15) is 14.7 Å². The smallest absolute Gasteiger partial charge is 0.326 e. The molecule has 0 aromatic heterocycles. The zero-order chi connectivity index (χ0) is 15.6. The van der Waals surface area contributed by atoms with Gasteiger partial charge < -0.3 is 15.1 Å². The molecule has 1 fully saturated rings. The molecule has 5 nitrogen and oxygen atoms in total. The second-order valence-electron chi connectivity index (χ2n) is 4.73. The lowest BCUT2D eigenvalue weighted by atomic mass is 10.2. The number of hydrogen-bond acceptors (Lipinski definition) is 3. The van der Waals surface area contributed by atoms with Crippen LogP contribution in [-0.2, 0) is 9.59 Å². The van der Waals surface area contributed by atoms with Gasteiger partial charge in [-0.2, -0.15) is 0 Å². The molecule has 0 aliphatic carbocycles. The highest BCUT2D eigenvalue weighted by molar-refractivity contribution is 6.34. The number of halogens is 2. The summed E-state index contributed by atoms with van der Waals surface area (Å²) < 4.78 is 0. The SMILES string of the molecule is O=C(O)[C@@H]1C[C@@H](O)CN1C(=O)C=Cc1cc(Cl)ccc1Cl. The van der Waals surface area contributed by atoms with Crippen molar-refractivity contribution in [1.82, 2.24) is 4.90 Å². The topological polar surface area (TPSA) is 77.8 Å². The van der Waals surface area contributed by atoms with E-state index in [2.05, 4.69) is 0 Å². The number of amides is 1. The summed E-state index contributed by atoms with van der Waals surface area (Å²) in [5.41, 5.74) is 0.559. The second-order valence-corrected chi connectivity index (χ2v) is 5.58. The Balaban J connectivity index is 2.15. The van der Waals surface area contributed by atoms with Crippen molar-refractivity contribution in [1.29, 1.82) is 0 Å². The van der Waals surface area contributed by atoms with Crippen LogP contribution in [0.3, 0.4) is 0 Å². The normalized spacial score (nSPS) is 22.0. The van der Waals surface area contributed by atoms with Crippen LogP contribution in [0.2, 0.25) is 10.0 Å². The first-order chi connectivity index (χ1) is 9.88. The Morgan fingerprint density at radius 2 is 2.05 bits per heavy atom. The molecule has 1 aromatic rings. The number of aliphatic hydroxyl groups is 1. The minimum Gasteiger partial charge on any atom is -0.480 e. The first-order valence-electron chi connectivity index (χ1n) is 6.23. The zero-order valence-corrected chi connectivity index (χ0v) is 12.4.